The number of rotatable bonds is 6. The van der Waals surface area contributed by atoms with Crippen LogP contribution in [-0.2, 0) is 14.3 Å². The van der Waals surface area contributed by atoms with Gasteiger partial charge in [-0.25, -0.2) is 0 Å². The lowest BCUT2D eigenvalue weighted by molar-refractivity contribution is -0.146. The Morgan fingerprint density at radius 1 is 1.44 bits per heavy atom. The Kier molecular flexibility index (Phi) is 5.56. The minimum Gasteiger partial charge on any atom is -0.480 e. The zero-order chi connectivity index (χ0) is 13.8. The first-order chi connectivity index (χ1) is 8.37. The number of carboxylic acids is 1. The molecular weight excluding hydrogens is 234 g/mol. The van der Waals surface area contributed by atoms with Crippen molar-refractivity contribution in [2.45, 2.75) is 63.9 Å². The van der Waals surface area contributed by atoms with E-state index in [0.717, 1.165) is 12.8 Å². The summed E-state index contributed by atoms with van der Waals surface area (Å²) in [5.41, 5.74) is -0.914. The molecule has 2 N–H and O–H groups in total. The van der Waals surface area contributed by atoms with Crippen molar-refractivity contribution >= 4 is 5.97 Å². The molecule has 18 heavy (non-hydrogen) atoms. The lowest BCUT2D eigenvalue weighted by atomic mass is 9.98. The van der Waals surface area contributed by atoms with Crippen molar-refractivity contribution in [2.24, 2.45) is 0 Å². The van der Waals surface area contributed by atoms with Crippen LogP contribution < -0.4 is 5.32 Å². The number of ether oxygens (including phenoxy) is 2. The second kappa shape index (κ2) is 6.50. The molecule has 0 aromatic rings. The highest BCUT2D eigenvalue weighted by molar-refractivity contribution is 5.78. The number of aliphatic carboxylic acids is 1. The second-order valence-corrected chi connectivity index (χ2v) is 5.36. The summed E-state index contributed by atoms with van der Waals surface area (Å²) in [5, 5.41) is 11.9. The van der Waals surface area contributed by atoms with E-state index in [2.05, 4.69) is 5.32 Å². The van der Waals surface area contributed by atoms with Crippen LogP contribution in [0.25, 0.3) is 0 Å². The van der Waals surface area contributed by atoms with Gasteiger partial charge in [-0.2, -0.15) is 0 Å². The lowest BCUT2D eigenvalue weighted by Crippen LogP contribution is -2.48. The highest BCUT2D eigenvalue weighted by Gasteiger charge is 2.31. The summed E-state index contributed by atoms with van der Waals surface area (Å²) in [5.74, 6) is -0.845. The Hall–Kier alpha value is -0.650. The molecule has 0 radical (unpaired) electrons. The van der Waals surface area contributed by atoms with E-state index in [1.54, 1.807) is 14.0 Å². The maximum Gasteiger partial charge on any atom is 0.323 e. The molecule has 0 saturated carbocycles. The predicted molar refractivity (Wildman–Crippen MR) is 68.7 cm³/mol. The van der Waals surface area contributed by atoms with Crippen LogP contribution in [0.3, 0.4) is 0 Å². The third kappa shape index (κ3) is 4.23. The Morgan fingerprint density at radius 2 is 2.00 bits per heavy atom. The van der Waals surface area contributed by atoms with Gasteiger partial charge in [-0.05, 0) is 47.1 Å². The highest BCUT2D eigenvalue weighted by atomic mass is 16.5. The monoisotopic (exact) mass is 259 g/mol. The minimum absolute atomic E-state index is 0.179. The maximum atomic E-state index is 11.1. The van der Waals surface area contributed by atoms with Crippen molar-refractivity contribution in [3.8, 4) is 0 Å². The average molecular weight is 259 g/mol. The summed E-state index contributed by atoms with van der Waals surface area (Å²) in [6, 6.07) is 0. The van der Waals surface area contributed by atoms with Crippen molar-refractivity contribution in [3.05, 3.63) is 0 Å². The molecule has 3 atom stereocenters. The number of carboxylic acid groups (broad SMARTS) is 1. The standard InChI is InChI=1S/C13H25NO4/c1-9-7-11(8-10(2)18-9)17-6-5-13(3,14-4)12(15)16/h9-11,14H,5-8H2,1-4H3,(H,15,16). The van der Waals surface area contributed by atoms with Gasteiger partial charge in [-0.1, -0.05) is 0 Å². The smallest absolute Gasteiger partial charge is 0.323 e. The quantitative estimate of drug-likeness (QED) is 0.755. The van der Waals surface area contributed by atoms with Crippen LogP contribution in [-0.4, -0.2) is 48.6 Å². The lowest BCUT2D eigenvalue weighted by Gasteiger charge is -2.33. The van der Waals surface area contributed by atoms with Crippen LogP contribution >= 0.6 is 0 Å². The Balaban J connectivity index is 2.35. The third-order valence-electron chi connectivity index (χ3n) is 3.63. The summed E-state index contributed by atoms with van der Waals surface area (Å²) in [4.78, 5) is 11.1. The molecule has 1 rings (SSSR count). The van der Waals surface area contributed by atoms with Gasteiger partial charge in [0.1, 0.15) is 5.54 Å². The first-order valence-electron chi connectivity index (χ1n) is 6.56. The van der Waals surface area contributed by atoms with Crippen molar-refractivity contribution < 1.29 is 19.4 Å². The summed E-state index contributed by atoms with van der Waals surface area (Å²) >= 11 is 0. The molecule has 1 aliphatic heterocycles. The van der Waals surface area contributed by atoms with Crippen LogP contribution in [0.5, 0.6) is 0 Å². The van der Waals surface area contributed by atoms with Crippen LogP contribution in [0.1, 0.15) is 40.0 Å². The van der Waals surface area contributed by atoms with Crippen molar-refractivity contribution in [1.29, 1.82) is 0 Å². The van der Waals surface area contributed by atoms with Crippen LogP contribution in [0.2, 0.25) is 0 Å². The maximum absolute atomic E-state index is 11.1. The van der Waals surface area contributed by atoms with E-state index in [4.69, 9.17) is 14.6 Å². The largest absolute Gasteiger partial charge is 0.480 e. The second-order valence-electron chi connectivity index (χ2n) is 5.36. The number of hydrogen-bond acceptors (Lipinski definition) is 4. The minimum atomic E-state index is -0.914. The molecule has 3 unspecified atom stereocenters. The summed E-state index contributed by atoms with van der Waals surface area (Å²) in [6.45, 7) is 6.21. The number of likely N-dealkylation sites (N-methyl/N-ethyl adjacent to an activating group) is 1. The molecular formula is C13H25NO4. The number of hydrogen-bond donors (Lipinski definition) is 2. The molecule has 0 aromatic carbocycles. The Morgan fingerprint density at radius 3 is 2.44 bits per heavy atom. The van der Waals surface area contributed by atoms with Gasteiger partial charge in [0.15, 0.2) is 0 Å². The SMILES string of the molecule is CNC(C)(CCOC1CC(C)OC(C)C1)C(=O)O. The first-order valence-corrected chi connectivity index (χ1v) is 6.56. The molecule has 1 fully saturated rings. The van der Waals surface area contributed by atoms with Crippen molar-refractivity contribution in [3.63, 3.8) is 0 Å². The van der Waals surface area contributed by atoms with Gasteiger partial charge < -0.3 is 19.9 Å². The Labute approximate surface area is 109 Å². The van der Waals surface area contributed by atoms with E-state index in [9.17, 15) is 4.79 Å². The highest BCUT2D eigenvalue weighted by Crippen LogP contribution is 2.22. The zero-order valence-electron chi connectivity index (χ0n) is 11.7. The van der Waals surface area contributed by atoms with E-state index in [1.165, 1.54) is 0 Å². The van der Waals surface area contributed by atoms with E-state index in [-0.39, 0.29) is 18.3 Å². The van der Waals surface area contributed by atoms with Gasteiger partial charge in [0, 0.05) is 6.61 Å². The molecule has 0 spiro atoms. The van der Waals surface area contributed by atoms with E-state index >= 15 is 0 Å². The number of carbonyl (C=O) groups is 1. The fourth-order valence-electron chi connectivity index (χ4n) is 2.25. The molecule has 0 aromatic heterocycles. The summed E-state index contributed by atoms with van der Waals surface area (Å²) < 4.78 is 11.4. The molecule has 0 bridgehead atoms. The topological polar surface area (TPSA) is 67.8 Å². The fraction of sp³-hybridized carbons (Fsp3) is 0.923. The molecule has 1 saturated heterocycles. The third-order valence-corrected chi connectivity index (χ3v) is 3.63. The Bertz CT molecular complexity index is 274. The van der Waals surface area contributed by atoms with Gasteiger partial charge in [0.05, 0.1) is 18.3 Å². The predicted octanol–water partition coefficient (Wildman–Crippen LogP) is 1.41. The molecule has 5 heteroatoms. The molecule has 0 aliphatic carbocycles. The molecule has 106 valence electrons. The van der Waals surface area contributed by atoms with Crippen LogP contribution in [0.15, 0.2) is 0 Å². The van der Waals surface area contributed by atoms with Gasteiger partial charge in [0.25, 0.3) is 0 Å². The van der Waals surface area contributed by atoms with Crippen LogP contribution in [0, 0.1) is 0 Å². The van der Waals surface area contributed by atoms with Crippen molar-refractivity contribution in [1.82, 2.24) is 5.32 Å². The zero-order valence-corrected chi connectivity index (χ0v) is 11.7. The van der Waals surface area contributed by atoms with Gasteiger partial charge in [-0.15, -0.1) is 0 Å². The molecule has 5 nitrogen and oxygen atoms in total. The van der Waals surface area contributed by atoms with Gasteiger partial charge in [0.2, 0.25) is 0 Å². The normalized spacial score (nSPS) is 31.9. The van der Waals surface area contributed by atoms with Crippen LogP contribution in [0.4, 0.5) is 0 Å². The summed E-state index contributed by atoms with van der Waals surface area (Å²) in [7, 11) is 1.66. The summed E-state index contributed by atoms with van der Waals surface area (Å²) in [6.07, 6.45) is 2.83. The first kappa shape index (κ1) is 15.4. The fourth-order valence-corrected chi connectivity index (χ4v) is 2.25. The molecule has 1 aliphatic rings. The molecule has 1 heterocycles. The van der Waals surface area contributed by atoms with Gasteiger partial charge in [-0.3, -0.25) is 4.79 Å². The average Bonchev–Trinajstić information content (AvgIpc) is 2.27. The van der Waals surface area contributed by atoms with E-state index < -0.39 is 11.5 Å². The van der Waals surface area contributed by atoms with Gasteiger partial charge >= 0.3 is 5.97 Å². The molecule has 0 amide bonds. The number of nitrogens with one attached hydrogen (secondary N) is 1. The van der Waals surface area contributed by atoms with E-state index in [1.807, 2.05) is 13.8 Å². The van der Waals surface area contributed by atoms with E-state index in [0.29, 0.717) is 13.0 Å². The van der Waals surface area contributed by atoms with Crippen molar-refractivity contribution in [2.75, 3.05) is 13.7 Å².